The zero-order valence-electron chi connectivity index (χ0n) is 12.2. The summed E-state index contributed by atoms with van der Waals surface area (Å²) < 4.78 is 3.08. The molecule has 0 aromatic rings. The average Bonchev–Trinajstić information content (AvgIpc) is 2.32. The molecule has 0 unspecified atom stereocenters. The zero-order valence-corrected chi connectivity index (χ0v) is 12.2. The second-order valence-electron chi connectivity index (χ2n) is 4.46. The predicted molar refractivity (Wildman–Crippen MR) is 74.7 cm³/mol. The van der Waals surface area contributed by atoms with E-state index >= 15 is 0 Å². The van der Waals surface area contributed by atoms with Gasteiger partial charge in [-0.3, -0.25) is 0 Å². The molecule has 0 bridgehead atoms. The molecule has 0 aliphatic rings. The van der Waals surface area contributed by atoms with Crippen molar-refractivity contribution in [1.82, 2.24) is 0 Å². The molecule has 0 aliphatic carbocycles. The average molecular weight is 276 g/mol. The van der Waals surface area contributed by atoms with Gasteiger partial charge < -0.3 is 14.9 Å². The van der Waals surface area contributed by atoms with Crippen LogP contribution in [0.1, 0.15) is 78.1 Å². The number of rotatable bonds is 9. The van der Waals surface area contributed by atoms with E-state index in [1.165, 1.54) is 64.2 Å². The summed E-state index contributed by atoms with van der Waals surface area (Å²) in [5.41, 5.74) is 0. The van der Waals surface area contributed by atoms with Crippen molar-refractivity contribution < 1.29 is 24.5 Å². The number of carbonyl (C=O) groups is 2. The summed E-state index contributed by atoms with van der Waals surface area (Å²) in [7, 11) is 0. The topological polar surface area (TPSA) is 83.8 Å². The molecule has 0 atom stereocenters. The van der Waals surface area contributed by atoms with Gasteiger partial charge in [-0.2, -0.15) is 0 Å². The molecule has 0 aliphatic heterocycles. The Balaban J connectivity index is 0. The van der Waals surface area contributed by atoms with Gasteiger partial charge in [-0.15, -0.1) is 0 Å². The molecule has 0 saturated carbocycles. The monoisotopic (exact) mass is 276 g/mol. The van der Waals surface area contributed by atoms with Crippen LogP contribution < -0.4 is 0 Å². The quantitative estimate of drug-likeness (QED) is 0.340. The molecule has 0 saturated heterocycles. The highest BCUT2D eigenvalue weighted by Crippen LogP contribution is 2.09. The molecule has 0 aromatic heterocycles. The number of hydrogen-bond acceptors (Lipinski definition) is 3. The van der Waals surface area contributed by atoms with Gasteiger partial charge in [0.1, 0.15) is 0 Å². The van der Waals surface area contributed by atoms with Crippen molar-refractivity contribution >= 4 is 12.3 Å². The zero-order chi connectivity index (χ0) is 14.9. The fourth-order valence-corrected chi connectivity index (χ4v) is 1.64. The first-order chi connectivity index (χ1) is 9.04. The van der Waals surface area contributed by atoms with E-state index in [-0.39, 0.29) is 0 Å². The second-order valence-corrected chi connectivity index (χ2v) is 4.46. The minimum atomic E-state index is -1.81. The Kier molecular flexibility index (Phi) is 17.7. The summed E-state index contributed by atoms with van der Waals surface area (Å²) >= 11 is 0. The van der Waals surface area contributed by atoms with Gasteiger partial charge in [-0.25, -0.2) is 9.59 Å². The third kappa shape index (κ3) is 26.4. The highest BCUT2D eigenvalue weighted by atomic mass is 16.7. The van der Waals surface area contributed by atoms with Gasteiger partial charge in [-0.1, -0.05) is 78.1 Å². The van der Waals surface area contributed by atoms with E-state index in [1.807, 2.05) is 0 Å². The summed E-state index contributed by atoms with van der Waals surface area (Å²) in [6, 6.07) is 0. The van der Waals surface area contributed by atoms with Crippen LogP contribution in [0.15, 0.2) is 0 Å². The minimum Gasteiger partial charge on any atom is -0.449 e. The molecular weight excluding hydrogens is 248 g/mol. The molecule has 0 aromatic carbocycles. The first-order valence-electron chi connectivity index (χ1n) is 7.18. The van der Waals surface area contributed by atoms with Gasteiger partial charge >= 0.3 is 12.3 Å². The van der Waals surface area contributed by atoms with Crippen LogP contribution in [-0.2, 0) is 4.74 Å². The standard InChI is InChI=1S/C12H26.C2H2O5/c1-3-5-7-9-11-12-10-8-6-4-2;3-1(4)7-2(5)6/h3-12H2,1-2H3;(H,3,4)(H,5,6). The molecule has 19 heavy (non-hydrogen) atoms. The second kappa shape index (κ2) is 16.7. The van der Waals surface area contributed by atoms with Crippen molar-refractivity contribution in [2.75, 3.05) is 0 Å². The normalized spacial score (nSPS) is 9.37. The van der Waals surface area contributed by atoms with Gasteiger partial charge in [0.15, 0.2) is 0 Å². The maximum Gasteiger partial charge on any atom is 0.516 e. The van der Waals surface area contributed by atoms with Crippen molar-refractivity contribution in [2.24, 2.45) is 0 Å². The van der Waals surface area contributed by atoms with Gasteiger partial charge in [0, 0.05) is 0 Å². The van der Waals surface area contributed by atoms with Crippen LogP contribution in [0.25, 0.3) is 0 Å². The number of ether oxygens (including phenoxy) is 1. The molecule has 2 N–H and O–H groups in total. The van der Waals surface area contributed by atoms with Crippen LogP contribution in [0.2, 0.25) is 0 Å². The summed E-state index contributed by atoms with van der Waals surface area (Å²) in [4.78, 5) is 18.4. The predicted octanol–water partition coefficient (Wildman–Crippen LogP) is 5.29. The molecule has 0 rings (SSSR count). The lowest BCUT2D eigenvalue weighted by atomic mass is 10.1. The van der Waals surface area contributed by atoms with E-state index in [0.717, 1.165) is 0 Å². The molecule has 114 valence electrons. The van der Waals surface area contributed by atoms with Crippen molar-refractivity contribution in [3.8, 4) is 0 Å². The maximum atomic E-state index is 9.21. The third-order valence-corrected chi connectivity index (χ3v) is 2.63. The van der Waals surface area contributed by atoms with E-state index in [9.17, 15) is 9.59 Å². The Morgan fingerprint density at radius 1 is 0.684 bits per heavy atom. The lowest BCUT2D eigenvalue weighted by Gasteiger charge is -1.99. The smallest absolute Gasteiger partial charge is 0.449 e. The molecule has 0 fully saturated rings. The maximum absolute atomic E-state index is 9.21. The van der Waals surface area contributed by atoms with E-state index in [1.54, 1.807) is 0 Å². The van der Waals surface area contributed by atoms with Crippen LogP contribution in [-0.4, -0.2) is 22.5 Å². The molecule has 5 nitrogen and oxygen atoms in total. The Morgan fingerprint density at radius 3 is 1.11 bits per heavy atom. The highest BCUT2D eigenvalue weighted by molar-refractivity contribution is 5.74. The van der Waals surface area contributed by atoms with Crippen LogP contribution in [0.5, 0.6) is 0 Å². The van der Waals surface area contributed by atoms with Crippen molar-refractivity contribution in [1.29, 1.82) is 0 Å². The van der Waals surface area contributed by atoms with Crippen molar-refractivity contribution in [3.63, 3.8) is 0 Å². The largest absolute Gasteiger partial charge is 0.516 e. The number of unbranched alkanes of at least 4 members (excludes halogenated alkanes) is 9. The van der Waals surface area contributed by atoms with Gasteiger partial charge in [0.25, 0.3) is 0 Å². The minimum absolute atomic E-state index is 1.37. The van der Waals surface area contributed by atoms with Crippen LogP contribution in [0.4, 0.5) is 9.59 Å². The van der Waals surface area contributed by atoms with Crippen LogP contribution in [0, 0.1) is 0 Å². The third-order valence-electron chi connectivity index (χ3n) is 2.63. The van der Waals surface area contributed by atoms with Gasteiger partial charge in [-0.05, 0) is 0 Å². The van der Waals surface area contributed by atoms with Crippen LogP contribution >= 0.6 is 0 Å². The SMILES string of the molecule is CCCCCCCCCCCC.O=C(O)OC(=O)O. The molecule has 0 amide bonds. The lowest BCUT2D eigenvalue weighted by molar-refractivity contribution is 0.0802. The molecule has 0 spiro atoms. The van der Waals surface area contributed by atoms with E-state index in [2.05, 4.69) is 18.6 Å². The highest BCUT2D eigenvalue weighted by Gasteiger charge is 2.01. The Morgan fingerprint density at radius 2 is 0.947 bits per heavy atom. The van der Waals surface area contributed by atoms with Crippen molar-refractivity contribution in [3.05, 3.63) is 0 Å². The summed E-state index contributed by atoms with van der Waals surface area (Å²) in [6.45, 7) is 4.56. The molecule has 5 heteroatoms. The molecule has 0 heterocycles. The summed E-state index contributed by atoms with van der Waals surface area (Å²) in [5.74, 6) is 0. The van der Waals surface area contributed by atoms with Crippen molar-refractivity contribution in [2.45, 2.75) is 78.1 Å². The Bertz CT molecular complexity index is 194. The number of carboxylic acid groups (broad SMARTS) is 2. The van der Waals surface area contributed by atoms with E-state index in [4.69, 9.17) is 10.2 Å². The Labute approximate surface area is 116 Å². The fourth-order valence-electron chi connectivity index (χ4n) is 1.64. The van der Waals surface area contributed by atoms with E-state index < -0.39 is 12.3 Å². The summed E-state index contributed by atoms with van der Waals surface area (Å²) in [6.07, 6.45) is 10.8. The fraction of sp³-hybridized carbons (Fsp3) is 0.857. The van der Waals surface area contributed by atoms with Gasteiger partial charge in [0.2, 0.25) is 0 Å². The lowest BCUT2D eigenvalue weighted by Crippen LogP contribution is -2.05. The summed E-state index contributed by atoms with van der Waals surface area (Å²) in [5, 5.41) is 15.0. The molecular formula is C14H28O5. The Hall–Kier alpha value is -1.26. The first kappa shape index (κ1) is 20.1. The molecule has 0 radical (unpaired) electrons. The van der Waals surface area contributed by atoms with Gasteiger partial charge in [0.05, 0.1) is 0 Å². The first-order valence-corrected chi connectivity index (χ1v) is 7.18. The number of hydrogen-bond donors (Lipinski definition) is 2. The van der Waals surface area contributed by atoms with E-state index in [0.29, 0.717) is 0 Å². The van der Waals surface area contributed by atoms with Crippen LogP contribution in [0.3, 0.4) is 0 Å².